The molecule has 20 heavy (non-hydrogen) atoms. The van der Waals surface area contributed by atoms with Crippen LogP contribution in [0, 0.1) is 0 Å². The van der Waals surface area contributed by atoms with Crippen LogP contribution in [0.2, 0.25) is 0 Å². The molecule has 1 aromatic rings. The third-order valence-corrected chi connectivity index (χ3v) is 4.48. The maximum Gasteiger partial charge on any atom is 0.124 e. The first-order valence-electron chi connectivity index (χ1n) is 7.67. The van der Waals surface area contributed by atoms with Crippen LogP contribution in [0.5, 0.6) is 5.75 Å². The summed E-state index contributed by atoms with van der Waals surface area (Å²) in [5.41, 5.74) is 1.31. The Hall–Kier alpha value is -1.10. The number of fused-ring (bicyclic) bond motifs is 1. The molecule has 0 radical (unpaired) electrons. The van der Waals surface area contributed by atoms with Crippen LogP contribution in [0.25, 0.3) is 0 Å². The second kappa shape index (κ2) is 6.12. The molecule has 3 rings (SSSR count). The van der Waals surface area contributed by atoms with Crippen molar-refractivity contribution in [1.29, 1.82) is 0 Å². The van der Waals surface area contributed by atoms with Gasteiger partial charge in [-0.2, -0.15) is 0 Å². The predicted octanol–water partition coefficient (Wildman–Crippen LogP) is 1.35. The lowest BCUT2D eigenvalue weighted by Crippen LogP contribution is -2.56. The third-order valence-electron chi connectivity index (χ3n) is 4.48. The molecule has 1 saturated heterocycles. The van der Waals surface area contributed by atoms with Crippen molar-refractivity contribution in [1.82, 2.24) is 15.1 Å². The zero-order valence-corrected chi connectivity index (χ0v) is 12.5. The minimum absolute atomic E-state index is 0.383. The van der Waals surface area contributed by atoms with E-state index in [4.69, 9.17) is 4.74 Å². The summed E-state index contributed by atoms with van der Waals surface area (Å²) in [6, 6.07) is 9.27. The third kappa shape index (κ3) is 2.68. The lowest BCUT2D eigenvalue weighted by molar-refractivity contribution is 0.0494. The maximum atomic E-state index is 6.00. The van der Waals surface area contributed by atoms with Crippen LogP contribution < -0.4 is 10.1 Å². The normalized spacial score (nSPS) is 27.9. The molecule has 1 aromatic carbocycles. The number of ether oxygens (including phenoxy) is 1. The second-order valence-corrected chi connectivity index (χ2v) is 5.79. The van der Waals surface area contributed by atoms with Crippen molar-refractivity contribution >= 4 is 0 Å². The summed E-state index contributed by atoms with van der Waals surface area (Å²) < 4.78 is 6.00. The van der Waals surface area contributed by atoms with Crippen LogP contribution in [-0.4, -0.2) is 62.2 Å². The van der Waals surface area contributed by atoms with E-state index in [0.29, 0.717) is 12.1 Å². The molecule has 2 aliphatic heterocycles. The monoisotopic (exact) mass is 275 g/mol. The van der Waals surface area contributed by atoms with Gasteiger partial charge in [0.15, 0.2) is 0 Å². The van der Waals surface area contributed by atoms with Crippen LogP contribution in [0.4, 0.5) is 0 Å². The van der Waals surface area contributed by atoms with Crippen molar-refractivity contribution in [3.05, 3.63) is 29.8 Å². The molecule has 1 N–H and O–H groups in total. The number of para-hydroxylation sites is 1. The number of hydrogen-bond acceptors (Lipinski definition) is 4. The highest BCUT2D eigenvalue weighted by molar-refractivity contribution is 5.38. The zero-order valence-electron chi connectivity index (χ0n) is 12.5. The van der Waals surface area contributed by atoms with Crippen LogP contribution >= 0.6 is 0 Å². The summed E-state index contributed by atoms with van der Waals surface area (Å²) in [6.45, 7) is 8.53. The van der Waals surface area contributed by atoms with Crippen LogP contribution in [-0.2, 0) is 0 Å². The van der Waals surface area contributed by atoms with E-state index in [1.807, 2.05) is 0 Å². The number of piperazine rings is 1. The Labute approximate surface area is 121 Å². The molecule has 0 saturated carbocycles. The molecule has 1 fully saturated rings. The van der Waals surface area contributed by atoms with Gasteiger partial charge in [-0.1, -0.05) is 25.1 Å². The van der Waals surface area contributed by atoms with E-state index in [9.17, 15) is 0 Å². The van der Waals surface area contributed by atoms with Crippen LogP contribution in [0.1, 0.15) is 18.5 Å². The molecule has 2 unspecified atom stereocenters. The molecule has 2 heterocycles. The summed E-state index contributed by atoms with van der Waals surface area (Å²) in [6.07, 6.45) is 0. The number of nitrogens with zero attached hydrogens (tertiary/aromatic N) is 2. The van der Waals surface area contributed by atoms with Crippen molar-refractivity contribution in [3.63, 3.8) is 0 Å². The highest BCUT2D eigenvalue weighted by Crippen LogP contribution is 2.34. The van der Waals surface area contributed by atoms with Crippen molar-refractivity contribution in [2.75, 3.05) is 46.4 Å². The SMILES string of the molecule is CCNC1c2ccccc2OCC1N1CCN(C)CC1. The Morgan fingerprint density at radius 1 is 1.20 bits per heavy atom. The predicted molar refractivity (Wildman–Crippen MR) is 81.2 cm³/mol. The van der Waals surface area contributed by atoms with Gasteiger partial charge in [0.05, 0.1) is 12.1 Å². The molecule has 0 bridgehead atoms. The van der Waals surface area contributed by atoms with Gasteiger partial charge in [0.1, 0.15) is 12.4 Å². The number of benzene rings is 1. The summed E-state index contributed by atoms with van der Waals surface area (Å²) in [7, 11) is 2.20. The van der Waals surface area contributed by atoms with Crippen LogP contribution in [0.3, 0.4) is 0 Å². The summed E-state index contributed by atoms with van der Waals surface area (Å²) in [4.78, 5) is 4.99. The van der Waals surface area contributed by atoms with Gasteiger partial charge in [-0.15, -0.1) is 0 Å². The molecule has 0 aromatic heterocycles. The Morgan fingerprint density at radius 3 is 2.70 bits per heavy atom. The smallest absolute Gasteiger partial charge is 0.124 e. The van der Waals surface area contributed by atoms with E-state index >= 15 is 0 Å². The minimum atomic E-state index is 0.383. The maximum absolute atomic E-state index is 6.00. The summed E-state index contributed by atoms with van der Waals surface area (Å²) in [5.74, 6) is 1.05. The fraction of sp³-hybridized carbons (Fsp3) is 0.625. The van der Waals surface area contributed by atoms with Crippen molar-refractivity contribution in [3.8, 4) is 5.75 Å². The lowest BCUT2D eigenvalue weighted by atomic mass is 9.94. The summed E-state index contributed by atoms with van der Waals surface area (Å²) >= 11 is 0. The van der Waals surface area contributed by atoms with E-state index in [0.717, 1.165) is 45.1 Å². The largest absolute Gasteiger partial charge is 0.492 e. The lowest BCUT2D eigenvalue weighted by Gasteiger charge is -2.44. The Bertz CT molecular complexity index is 443. The van der Waals surface area contributed by atoms with E-state index in [-0.39, 0.29) is 0 Å². The highest BCUT2D eigenvalue weighted by atomic mass is 16.5. The highest BCUT2D eigenvalue weighted by Gasteiger charge is 2.35. The second-order valence-electron chi connectivity index (χ2n) is 5.79. The van der Waals surface area contributed by atoms with Crippen molar-refractivity contribution in [2.24, 2.45) is 0 Å². The fourth-order valence-corrected chi connectivity index (χ4v) is 3.28. The van der Waals surface area contributed by atoms with Gasteiger partial charge in [-0.05, 0) is 19.7 Å². The van der Waals surface area contributed by atoms with Gasteiger partial charge >= 0.3 is 0 Å². The van der Waals surface area contributed by atoms with E-state index in [1.165, 1.54) is 5.56 Å². The molecule has 2 aliphatic rings. The Kier molecular flexibility index (Phi) is 4.24. The molecule has 0 aliphatic carbocycles. The average Bonchev–Trinajstić information content (AvgIpc) is 2.49. The van der Waals surface area contributed by atoms with Crippen LogP contribution in [0.15, 0.2) is 24.3 Å². The Balaban J connectivity index is 1.81. The topological polar surface area (TPSA) is 27.7 Å². The van der Waals surface area contributed by atoms with Gasteiger partial charge in [0.2, 0.25) is 0 Å². The molecule has 110 valence electrons. The molecule has 0 amide bonds. The van der Waals surface area contributed by atoms with Gasteiger partial charge in [-0.3, -0.25) is 4.90 Å². The fourth-order valence-electron chi connectivity index (χ4n) is 3.28. The Morgan fingerprint density at radius 2 is 1.95 bits per heavy atom. The van der Waals surface area contributed by atoms with Gasteiger partial charge in [0.25, 0.3) is 0 Å². The first kappa shape index (κ1) is 13.9. The minimum Gasteiger partial charge on any atom is -0.492 e. The van der Waals surface area contributed by atoms with E-state index in [2.05, 4.69) is 53.4 Å². The number of nitrogens with one attached hydrogen (secondary N) is 1. The first-order valence-corrected chi connectivity index (χ1v) is 7.67. The number of rotatable bonds is 3. The standard InChI is InChI=1S/C16H25N3O/c1-3-17-16-13-6-4-5-7-15(13)20-12-14(16)19-10-8-18(2)9-11-19/h4-7,14,16-17H,3,8-12H2,1-2H3. The number of hydrogen-bond donors (Lipinski definition) is 1. The molecular weight excluding hydrogens is 250 g/mol. The van der Waals surface area contributed by atoms with Crippen molar-refractivity contribution < 1.29 is 4.74 Å². The van der Waals surface area contributed by atoms with Crippen molar-refractivity contribution in [2.45, 2.75) is 19.0 Å². The first-order chi connectivity index (χ1) is 9.79. The molecule has 0 spiro atoms. The molecule has 4 nitrogen and oxygen atoms in total. The number of likely N-dealkylation sites (N-methyl/N-ethyl adjacent to an activating group) is 2. The van der Waals surface area contributed by atoms with E-state index in [1.54, 1.807) is 0 Å². The molecule has 2 atom stereocenters. The summed E-state index contributed by atoms with van der Waals surface area (Å²) in [5, 5.41) is 3.66. The van der Waals surface area contributed by atoms with Gasteiger partial charge in [-0.25, -0.2) is 0 Å². The molecule has 4 heteroatoms. The molecular formula is C16H25N3O. The van der Waals surface area contributed by atoms with Gasteiger partial charge in [0, 0.05) is 31.7 Å². The quantitative estimate of drug-likeness (QED) is 0.901. The average molecular weight is 275 g/mol. The zero-order chi connectivity index (χ0) is 13.9. The van der Waals surface area contributed by atoms with Gasteiger partial charge < -0.3 is 15.0 Å². The van der Waals surface area contributed by atoms with E-state index < -0.39 is 0 Å².